The van der Waals surface area contributed by atoms with E-state index in [4.69, 9.17) is 4.74 Å². The number of hydrogen-bond donors (Lipinski definition) is 0. The van der Waals surface area contributed by atoms with Gasteiger partial charge in [-0.3, -0.25) is 9.69 Å². The lowest BCUT2D eigenvalue weighted by atomic mass is 10.0. The number of rotatable bonds is 4. The molecule has 1 amide bonds. The van der Waals surface area contributed by atoms with Crippen LogP contribution in [0.25, 0.3) is 0 Å². The smallest absolute Gasteiger partial charge is 0.338 e. The van der Waals surface area contributed by atoms with Gasteiger partial charge in [-0.1, -0.05) is 12.1 Å². The van der Waals surface area contributed by atoms with Crippen LogP contribution in [0.15, 0.2) is 48.5 Å². The summed E-state index contributed by atoms with van der Waals surface area (Å²) in [4.78, 5) is 31.9. The summed E-state index contributed by atoms with van der Waals surface area (Å²) < 4.78 is 18.0. The highest BCUT2D eigenvalue weighted by Gasteiger charge is 2.31. The molecule has 0 bridgehead atoms. The van der Waals surface area contributed by atoms with Crippen LogP contribution in [0.2, 0.25) is 0 Å². The molecular formula is C24H28FN3O3. The molecule has 2 fully saturated rings. The van der Waals surface area contributed by atoms with E-state index in [1.807, 2.05) is 17.0 Å². The van der Waals surface area contributed by atoms with Gasteiger partial charge in [-0.15, -0.1) is 0 Å². The molecule has 0 radical (unpaired) electrons. The molecule has 4 rings (SSSR count). The van der Waals surface area contributed by atoms with E-state index in [1.165, 1.54) is 19.2 Å². The highest BCUT2D eigenvalue weighted by Crippen LogP contribution is 2.23. The van der Waals surface area contributed by atoms with Crippen LogP contribution in [0.1, 0.15) is 33.6 Å². The fraction of sp³-hybridized carbons (Fsp3) is 0.417. The molecule has 164 valence electrons. The summed E-state index contributed by atoms with van der Waals surface area (Å²) in [6.45, 7) is 4.92. The van der Waals surface area contributed by atoms with Gasteiger partial charge in [-0.25, -0.2) is 9.18 Å². The van der Waals surface area contributed by atoms with Gasteiger partial charge < -0.3 is 14.5 Å². The van der Waals surface area contributed by atoms with Crippen molar-refractivity contribution in [2.75, 3.05) is 51.3 Å². The fourth-order valence-corrected chi connectivity index (χ4v) is 4.56. The number of piperidine rings is 1. The Morgan fingerprint density at radius 3 is 2.29 bits per heavy atom. The number of carbonyl (C=O) groups excluding carboxylic acids is 2. The van der Waals surface area contributed by atoms with Crippen molar-refractivity contribution in [3.63, 3.8) is 0 Å². The number of carbonyl (C=O) groups is 2. The third-order valence-electron chi connectivity index (χ3n) is 6.27. The Labute approximate surface area is 182 Å². The highest BCUT2D eigenvalue weighted by molar-refractivity contribution is 6.05. The molecule has 0 saturated carbocycles. The summed E-state index contributed by atoms with van der Waals surface area (Å²) in [7, 11) is 1.33. The largest absolute Gasteiger partial charge is 0.465 e. The van der Waals surface area contributed by atoms with Crippen LogP contribution < -0.4 is 4.90 Å². The second-order valence-electron chi connectivity index (χ2n) is 8.08. The van der Waals surface area contributed by atoms with Crippen LogP contribution in [-0.4, -0.2) is 74.1 Å². The van der Waals surface area contributed by atoms with Crippen LogP contribution in [0.3, 0.4) is 0 Å². The fourth-order valence-electron chi connectivity index (χ4n) is 4.56. The maximum absolute atomic E-state index is 13.2. The van der Waals surface area contributed by atoms with Crippen molar-refractivity contribution in [2.45, 2.75) is 18.9 Å². The second-order valence-corrected chi connectivity index (χ2v) is 8.08. The SMILES string of the molecule is COC(=O)c1ccccc1C(=O)N1CCCC(N2CCN(c3ccc(F)cc3)CC2)C1. The molecule has 0 aromatic heterocycles. The summed E-state index contributed by atoms with van der Waals surface area (Å²) in [6, 6.07) is 13.8. The Morgan fingerprint density at radius 2 is 1.61 bits per heavy atom. The van der Waals surface area contributed by atoms with Gasteiger partial charge in [0.25, 0.3) is 5.91 Å². The molecule has 2 saturated heterocycles. The number of hydrogen-bond acceptors (Lipinski definition) is 5. The van der Waals surface area contributed by atoms with Gasteiger partial charge in [0.15, 0.2) is 0 Å². The summed E-state index contributed by atoms with van der Waals surface area (Å²) in [5.41, 5.74) is 1.75. The molecule has 0 spiro atoms. The van der Waals surface area contributed by atoms with Crippen molar-refractivity contribution >= 4 is 17.6 Å². The number of methoxy groups -OCH3 is 1. The lowest BCUT2D eigenvalue weighted by Crippen LogP contribution is -2.56. The number of piperazine rings is 1. The Kier molecular flexibility index (Phi) is 6.51. The van der Waals surface area contributed by atoms with Crippen LogP contribution in [-0.2, 0) is 4.74 Å². The van der Waals surface area contributed by atoms with Gasteiger partial charge in [0, 0.05) is 51.0 Å². The van der Waals surface area contributed by atoms with Gasteiger partial charge >= 0.3 is 5.97 Å². The molecule has 0 N–H and O–H groups in total. The van der Waals surface area contributed by atoms with Crippen LogP contribution in [0, 0.1) is 5.82 Å². The first kappa shape index (κ1) is 21.3. The van der Waals surface area contributed by atoms with Gasteiger partial charge in [0.05, 0.1) is 18.2 Å². The number of nitrogens with zero attached hydrogens (tertiary/aromatic N) is 3. The molecule has 2 aliphatic heterocycles. The van der Waals surface area contributed by atoms with Gasteiger partial charge in [0.2, 0.25) is 0 Å². The Morgan fingerprint density at radius 1 is 0.935 bits per heavy atom. The average molecular weight is 426 g/mol. The first-order valence-corrected chi connectivity index (χ1v) is 10.8. The van der Waals surface area contributed by atoms with E-state index < -0.39 is 5.97 Å². The number of likely N-dealkylation sites (tertiary alicyclic amines) is 1. The lowest BCUT2D eigenvalue weighted by Gasteiger charge is -2.44. The Balaban J connectivity index is 1.39. The maximum atomic E-state index is 13.2. The minimum atomic E-state index is -0.491. The number of halogens is 1. The third kappa shape index (κ3) is 4.71. The Bertz CT molecular complexity index is 926. The monoisotopic (exact) mass is 425 g/mol. The van der Waals surface area contributed by atoms with Crippen molar-refractivity contribution in [3.8, 4) is 0 Å². The van der Waals surface area contributed by atoms with Crippen molar-refractivity contribution in [1.29, 1.82) is 0 Å². The normalized spacial score (nSPS) is 19.9. The zero-order chi connectivity index (χ0) is 21.8. The average Bonchev–Trinajstić information content (AvgIpc) is 2.84. The summed E-state index contributed by atoms with van der Waals surface area (Å²) in [5, 5.41) is 0. The minimum Gasteiger partial charge on any atom is -0.465 e. The number of anilines is 1. The standard InChI is InChI=1S/C24H28FN3O3/c1-31-24(30)22-7-3-2-6-21(22)23(29)28-12-4-5-20(17-28)27-15-13-26(14-16-27)19-10-8-18(25)9-11-19/h2-3,6-11,20H,4-5,12-17H2,1H3. The summed E-state index contributed by atoms with van der Waals surface area (Å²) >= 11 is 0. The second kappa shape index (κ2) is 9.47. The van der Waals surface area contributed by atoms with E-state index >= 15 is 0 Å². The molecule has 1 atom stereocenters. The van der Waals surface area contributed by atoms with Crippen LogP contribution in [0.5, 0.6) is 0 Å². The number of ether oxygens (including phenoxy) is 1. The molecule has 7 heteroatoms. The third-order valence-corrected chi connectivity index (χ3v) is 6.27. The van der Waals surface area contributed by atoms with Crippen LogP contribution in [0.4, 0.5) is 10.1 Å². The van der Waals surface area contributed by atoms with Crippen molar-refractivity contribution in [3.05, 3.63) is 65.5 Å². The molecule has 2 heterocycles. The zero-order valence-corrected chi connectivity index (χ0v) is 17.8. The molecule has 2 aliphatic rings. The quantitative estimate of drug-likeness (QED) is 0.705. The predicted molar refractivity (Wildman–Crippen MR) is 117 cm³/mol. The molecule has 0 aliphatic carbocycles. The van der Waals surface area contributed by atoms with Crippen molar-refractivity contribution in [1.82, 2.24) is 9.80 Å². The van der Waals surface area contributed by atoms with E-state index in [2.05, 4.69) is 9.80 Å². The first-order chi connectivity index (χ1) is 15.1. The van der Waals surface area contributed by atoms with Crippen LogP contribution >= 0.6 is 0 Å². The van der Waals surface area contributed by atoms with E-state index in [9.17, 15) is 14.0 Å². The first-order valence-electron chi connectivity index (χ1n) is 10.8. The molecule has 2 aromatic rings. The van der Waals surface area contributed by atoms with E-state index in [0.717, 1.165) is 44.7 Å². The van der Waals surface area contributed by atoms with Crippen molar-refractivity contribution < 1.29 is 18.7 Å². The Hall–Kier alpha value is -2.93. The summed E-state index contributed by atoms with van der Waals surface area (Å²) in [5.74, 6) is -0.826. The topological polar surface area (TPSA) is 53.1 Å². The predicted octanol–water partition coefficient (Wildman–Crippen LogP) is 3.04. The van der Waals surface area contributed by atoms with E-state index in [-0.39, 0.29) is 11.7 Å². The van der Waals surface area contributed by atoms with Crippen molar-refractivity contribution in [2.24, 2.45) is 0 Å². The molecule has 1 unspecified atom stereocenters. The van der Waals surface area contributed by atoms with Gasteiger partial charge in [-0.05, 0) is 49.2 Å². The van der Waals surface area contributed by atoms with Gasteiger partial charge in [-0.2, -0.15) is 0 Å². The van der Waals surface area contributed by atoms with E-state index in [1.54, 1.807) is 24.3 Å². The highest BCUT2D eigenvalue weighted by atomic mass is 19.1. The minimum absolute atomic E-state index is 0.115. The summed E-state index contributed by atoms with van der Waals surface area (Å²) in [6.07, 6.45) is 1.99. The molecule has 31 heavy (non-hydrogen) atoms. The van der Waals surface area contributed by atoms with E-state index in [0.29, 0.717) is 30.3 Å². The molecule has 6 nitrogen and oxygen atoms in total. The lowest BCUT2D eigenvalue weighted by molar-refractivity contribution is 0.0539. The molecular weight excluding hydrogens is 397 g/mol. The zero-order valence-electron chi connectivity index (χ0n) is 17.8. The number of amides is 1. The number of benzene rings is 2. The van der Waals surface area contributed by atoms with Gasteiger partial charge in [0.1, 0.15) is 5.82 Å². The maximum Gasteiger partial charge on any atom is 0.338 e. The molecule has 2 aromatic carbocycles. The number of esters is 1.